The Morgan fingerprint density at radius 1 is 1.04 bits per heavy atom. The van der Waals surface area contributed by atoms with Gasteiger partial charge in [-0.25, -0.2) is 0 Å². The lowest BCUT2D eigenvalue weighted by Crippen LogP contribution is -2.11. The van der Waals surface area contributed by atoms with Crippen LogP contribution in [0.5, 0.6) is 0 Å². The molecule has 0 radical (unpaired) electrons. The largest absolute Gasteiger partial charge is 0.374 e. The van der Waals surface area contributed by atoms with Gasteiger partial charge in [-0.2, -0.15) is 0 Å². The van der Waals surface area contributed by atoms with E-state index in [4.69, 9.17) is 5.73 Å². The Bertz CT molecular complexity index is 574. The Kier molecular flexibility index (Phi) is 7.83. The molecule has 0 aliphatic carbocycles. The van der Waals surface area contributed by atoms with Crippen LogP contribution in [0, 0.1) is 0 Å². The third-order valence-electron chi connectivity index (χ3n) is 2.84. The summed E-state index contributed by atoms with van der Waals surface area (Å²) in [5, 5.41) is 17.4. The Hall–Kier alpha value is -1.50. The molecule has 0 saturated carbocycles. The molecule has 0 fully saturated rings. The molecule has 2 aromatic heterocycles. The quantitative estimate of drug-likeness (QED) is 0.892. The lowest BCUT2D eigenvalue weighted by Gasteiger charge is -2.12. The zero-order valence-electron chi connectivity index (χ0n) is 14.7. The number of aryl methyl sites for hydroxylation is 1. The summed E-state index contributed by atoms with van der Waals surface area (Å²) in [6, 6.07) is 0. The Morgan fingerprint density at radius 2 is 1.65 bits per heavy atom. The van der Waals surface area contributed by atoms with Crippen LogP contribution >= 0.6 is 11.3 Å². The number of aromatic nitrogens is 5. The first-order valence-corrected chi connectivity index (χ1v) is 8.35. The van der Waals surface area contributed by atoms with Crippen molar-refractivity contribution in [3.8, 4) is 0 Å². The molecule has 2 heterocycles. The normalized spacial score (nSPS) is 11.4. The van der Waals surface area contributed by atoms with Crippen molar-refractivity contribution in [1.82, 2.24) is 25.2 Å². The second kappa shape index (κ2) is 8.38. The highest BCUT2D eigenvalue weighted by Crippen LogP contribution is 2.25. The monoisotopic (exact) mass is 340 g/mol. The minimum atomic E-state index is 0. The van der Waals surface area contributed by atoms with Crippen LogP contribution < -0.4 is 5.73 Å². The van der Waals surface area contributed by atoms with Crippen molar-refractivity contribution >= 4 is 16.5 Å². The van der Waals surface area contributed by atoms with Crippen LogP contribution in [0.1, 0.15) is 73.0 Å². The summed E-state index contributed by atoms with van der Waals surface area (Å²) in [5.74, 6) is 0. The molecule has 23 heavy (non-hydrogen) atoms. The predicted octanol–water partition coefficient (Wildman–Crippen LogP) is 4.04. The molecular formula is C16H32N6S. The second-order valence-corrected chi connectivity index (χ2v) is 8.32. The summed E-state index contributed by atoms with van der Waals surface area (Å²) in [5.41, 5.74) is 6.68. The molecule has 6 nitrogen and oxygen atoms in total. The zero-order valence-corrected chi connectivity index (χ0v) is 15.5. The van der Waals surface area contributed by atoms with Crippen LogP contribution in [0.3, 0.4) is 0 Å². The molecule has 0 unspecified atom stereocenters. The molecule has 0 bridgehead atoms. The van der Waals surface area contributed by atoms with Gasteiger partial charge >= 0.3 is 0 Å². The third-order valence-corrected chi connectivity index (χ3v) is 4.02. The van der Waals surface area contributed by atoms with E-state index in [1.165, 1.54) is 11.3 Å². The maximum atomic E-state index is 5.42. The summed E-state index contributed by atoms with van der Waals surface area (Å²) in [6.45, 7) is 15.8. The SMILES string of the molecule is C.CC(C)(C)c1nnc(N)s1.CCCn1cc(C(C)(C)C)nn1. The van der Waals surface area contributed by atoms with Crippen molar-refractivity contribution in [2.24, 2.45) is 0 Å². The van der Waals surface area contributed by atoms with Gasteiger partial charge in [-0.3, -0.25) is 4.68 Å². The molecule has 0 atom stereocenters. The lowest BCUT2D eigenvalue weighted by atomic mass is 9.93. The Morgan fingerprint density at radius 3 is 1.96 bits per heavy atom. The standard InChI is InChI=1S/C9H17N3.C6H11N3S.CH4/c1-5-6-12-7-8(10-11-12)9(2,3)4;1-6(2,3)4-8-9-5(7)10-4;/h7H,5-6H2,1-4H3;1-3H3,(H2,7,9);1H4. The van der Waals surface area contributed by atoms with Gasteiger partial charge in [0.15, 0.2) is 0 Å². The maximum absolute atomic E-state index is 5.42. The van der Waals surface area contributed by atoms with E-state index < -0.39 is 0 Å². The topological polar surface area (TPSA) is 82.5 Å². The van der Waals surface area contributed by atoms with Gasteiger partial charge in [-0.15, -0.1) is 15.3 Å². The number of nitrogen functional groups attached to an aromatic ring is 1. The van der Waals surface area contributed by atoms with E-state index >= 15 is 0 Å². The average Bonchev–Trinajstić information content (AvgIpc) is 2.97. The minimum Gasteiger partial charge on any atom is -0.374 e. The van der Waals surface area contributed by atoms with Crippen LogP contribution in [0.2, 0.25) is 0 Å². The zero-order chi connectivity index (χ0) is 17.0. The predicted molar refractivity (Wildman–Crippen MR) is 98.8 cm³/mol. The van der Waals surface area contributed by atoms with Gasteiger partial charge < -0.3 is 5.73 Å². The highest BCUT2D eigenvalue weighted by Gasteiger charge is 2.18. The van der Waals surface area contributed by atoms with E-state index in [1.54, 1.807) is 0 Å². The molecular weight excluding hydrogens is 308 g/mol. The van der Waals surface area contributed by atoms with Crippen LogP contribution in [-0.4, -0.2) is 25.2 Å². The number of hydrogen-bond donors (Lipinski definition) is 1. The van der Waals surface area contributed by atoms with Crippen molar-refractivity contribution in [2.45, 2.75) is 79.7 Å². The van der Waals surface area contributed by atoms with E-state index in [0.717, 1.165) is 23.7 Å². The second-order valence-electron chi connectivity index (χ2n) is 7.31. The molecule has 7 heteroatoms. The molecule has 2 N–H and O–H groups in total. The maximum Gasteiger partial charge on any atom is 0.203 e. The number of anilines is 1. The molecule has 0 aliphatic heterocycles. The van der Waals surface area contributed by atoms with Gasteiger partial charge in [0.05, 0.1) is 5.69 Å². The van der Waals surface area contributed by atoms with E-state index in [9.17, 15) is 0 Å². The molecule has 0 aliphatic rings. The number of rotatable bonds is 2. The van der Waals surface area contributed by atoms with Crippen molar-refractivity contribution in [1.29, 1.82) is 0 Å². The van der Waals surface area contributed by atoms with Gasteiger partial charge in [0.2, 0.25) is 5.13 Å². The fourth-order valence-electron chi connectivity index (χ4n) is 1.52. The van der Waals surface area contributed by atoms with E-state index in [0.29, 0.717) is 5.13 Å². The number of nitrogens with zero attached hydrogens (tertiary/aromatic N) is 5. The summed E-state index contributed by atoms with van der Waals surface area (Å²) in [4.78, 5) is 0. The van der Waals surface area contributed by atoms with Gasteiger partial charge in [-0.05, 0) is 6.42 Å². The summed E-state index contributed by atoms with van der Waals surface area (Å²) >= 11 is 1.45. The molecule has 2 rings (SSSR count). The minimum absolute atomic E-state index is 0. The first kappa shape index (κ1) is 21.5. The van der Waals surface area contributed by atoms with Crippen LogP contribution in [0.4, 0.5) is 5.13 Å². The number of hydrogen-bond acceptors (Lipinski definition) is 6. The van der Waals surface area contributed by atoms with E-state index in [1.807, 2.05) is 10.9 Å². The summed E-state index contributed by atoms with van der Waals surface area (Å²) in [7, 11) is 0. The first-order chi connectivity index (χ1) is 10.0. The highest BCUT2D eigenvalue weighted by molar-refractivity contribution is 7.15. The van der Waals surface area contributed by atoms with Crippen molar-refractivity contribution < 1.29 is 0 Å². The van der Waals surface area contributed by atoms with Crippen LogP contribution in [-0.2, 0) is 17.4 Å². The molecule has 0 aromatic carbocycles. The Balaban J connectivity index is 0.000000409. The molecule has 132 valence electrons. The third kappa shape index (κ3) is 7.07. The summed E-state index contributed by atoms with van der Waals surface area (Å²) in [6.07, 6.45) is 3.14. The van der Waals surface area contributed by atoms with E-state index in [2.05, 4.69) is 69.0 Å². The fraction of sp³-hybridized carbons (Fsp3) is 0.750. The molecule has 0 spiro atoms. The first-order valence-electron chi connectivity index (χ1n) is 7.54. The molecule has 2 aromatic rings. The Labute approximate surface area is 144 Å². The number of nitrogens with two attached hydrogens (primary N) is 1. The van der Waals surface area contributed by atoms with Crippen molar-refractivity contribution in [3.05, 3.63) is 16.9 Å². The molecule has 0 amide bonds. The van der Waals surface area contributed by atoms with Crippen LogP contribution in [0.15, 0.2) is 6.20 Å². The average molecular weight is 341 g/mol. The fourth-order valence-corrected chi connectivity index (χ4v) is 2.19. The lowest BCUT2D eigenvalue weighted by molar-refractivity contribution is 0.564. The van der Waals surface area contributed by atoms with Crippen molar-refractivity contribution in [3.63, 3.8) is 0 Å². The van der Waals surface area contributed by atoms with Gasteiger partial charge in [-0.1, -0.05) is 72.4 Å². The van der Waals surface area contributed by atoms with Gasteiger partial charge in [0, 0.05) is 23.6 Å². The summed E-state index contributed by atoms with van der Waals surface area (Å²) < 4.78 is 1.90. The van der Waals surface area contributed by atoms with Gasteiger partial charge in [0.25, 0.3) is 0 Å². The smallest absolute Gasteiger partial charge is 0.203 e. The molecule has 0 saturated heterocycles. The van der Waals surface area contributed by atoms with Gasteiger partial charge in [0.1, 0.15) is 5.01 Å². The van der Waals surface area contributed by atoms with Crippen molar-refractivity contribution in [2.75, 3.05) is 5.73 Å². The van der Waals surface area contributed by atoms with E-state index in [-0.39, 0.29) is 18.3 Å². The van der Waals surface area contributed by atoms with Crippen LogP contribution in [0.25, 0.3) is 0 Å². The highest BCUT2D eigenvalue weighted by atomic mass is 32.1.